The van der Waals surface area contributed by atoms with Crippen molar-refractivity contribution in [2.75, 3.05) is 0 Å². The molecule has 0 radical (unpaired) electrons. The van der Waals surface area contributed by atoms with Gasteiger partial charge in [0.1, 0.15) is 11.5 Å². The van der Waals surface area contributed by atoms with Gasteiger partial charge in [0.15, 0.2) is 17.2 Å². The van der Waals surface area contributed by atoms with Gasteiger partial charge in [-0.1, -0.05) is 32.1 Å². The fraction of sp³-hybridized carbons (Fsp3) is 0.520. The minimum atomic E-state index is -1.63. The molecule has 0 spiro atoms. The second-order valence-corrected chi connectivity index (χ2v) is 11.3. The highest BCUT2D eigenvalue weighted by molar-refractivity contribution is 6.30. The number of allylic oxidation sites excluding steroid dienone is 1. The van der Waals surface area contributed by atoms with Crippen molar-refractivity contribution in [1.82, 2.24) is 0 Å². The van der Waals surface area contributed by atoms with E-state index in [1.54, 1.807) is 19.9 Å². The van der Waals surface area contributed by atoms with Crippen LogP contribution in [0.3, 0.4) is 0 Å². The average Bonchev–Trinajstić information content (AvgIpc) is 2.68. The van der Waals surface area contributed by atoms with E-state index in [0.717, 1.165) is 24.5 Å². The number of hydrogen-bond acceptors (Lipinski definition) is 5. The summed E-state index contributed by atoms with van der Waals surface area (Å²) < 4.78 is 6.46. The zero-order valence-corrected chi connectivity index (χ0v) is 20.2. The zero-order chi connectivity index (χ0) is 23.8. The summed E-state index contributed by atoms with van der Waals surface area (Å²) in [6.45, 7) is 11.9. The van der Waals surface area contributed by atoms with Crippen LogP contribution in [-0.2, 0) is 4.74 Å². The number of Topliss-reactive ketones (excluding diaryl/α,β-unsaturated/α-hetero) is 2. The highest BCUT2D eigenvalue weighted by Gasteiger charge is 2.60. The Kier molecular flexibility index (Phi) is 5.36. The normalized spacial score (nSPS) is 33.4. The quantitative estimate of drug-likeness (QED) is 0.430. The van der Waals surface area contributed by atoms with E-state index in [-0.39, 0.29) is 40.2 Å². The molecule has 0 amide bonds. The molecule has 4 rings (SSSR count). The summed E-state index contributed by atoms with van der Waals surface area (Å²) in [6.07, 6.45) is 3.25. The predicted octanol–water partition coefficient (Wildman–Crippen LogP) is 5.55. The molecule has 1 aliphatic heterocycles. The second-order valence-electron chi connectivity index (χ2n) is 10.3. The maximum absolute atomic E-state index is 14.0. The Morgan fingerprint density at radius 3 is 2.47 bits per heavy atom. The summed E-state index contributed by atoms with van der Waals surface area (Å²) in [7, 11) is 0. The topological polar surface area (TPSA) is 83.8 Å². The van der Waals surface area contributed by atoms with Crippen molar-refractivity contribution < 1.29 is 24.5 Å². The first-order chi connectivity index (χ1) is 14.7. The summed E-state index contributed by atoms with van der Waals surface area (Å²) in [6, 6.07) is 2.26. The minimum absolute atomic E-state index is 0.0601. The van der Waals surface area contributed by atoms with Crippen molar-refractivity contribution >= 4 is 34.8 Å². The SMILES string of the molecule is C=C1CC[C@@H](Cl)C(C)(C)[C@@H]1C[C@@]12OC(C)(C)[C@H](Cl)C=C1C(=O)c1c(O)cc(O)cc1C2=O. The molecule has 1 aromatic carbocycles. The molecule has 0 saturated heterocycles. The molecule has 3 aliphatic rings. The van der Waals surface area contributed by atoms with E-state index >= 15 is 0 Å². The van der Waals surface area contributed by atoms with E-state index in [4.69, 9.17) is 27.9 Å². The molecule has 1 aromatic rings. The molecule has 0 unspecified atom stereocenters. The van der Waals surface area contributed by atoms with Gasteiger partial charge in [-0.2, -0.15) is 0 Å². The summed E-state index contributed by atoms with van der Waals surface area (Å²) >= 11 is 13.2. The lowest BCUT2D eigenvalue weighted by atomic mass is 9.59. The van der Waals surface area contributed by atoms with Crippen molar-refractivity contribution in [1.29, 1.82) is 0 Å². The second kappa shape index (κ2) is 7.34. The Labute approximate surface area is 198 Å². The van der Waals surface area contributed by atoms with E-state index in [1.165, 1.54) is 6.07 Å². The third kappa shape index (κ3) is 3.24. The van der Waals surface area contributed by atoms with E-state index in [0.29, 0.717) is 0 Å². The molecule has 1 heterocycles. The number of carbonyl (C=O) groups is 2. The van der Waals surface area contributed by atoms with Gasteiger partial charge in [-0.3, -0.25) is 9.59 Å². The lowest BCUT2D eigenvalue weighted by molar-refractivity contribution is -0.116. The smallest absolute Gasteiger partial charge is 0.200 e. The number of hydrogen-bond donors (Lipinski definition) is 2. The Morgan fingerprint density at radius 1 is 1.16 bits per heavy atom. The van der Waals surface area contributed by atoms with Gasteiger partial charge in [0.2, 0.25) is 0 Å². The zero-order valence-electron chi connectivity index (χ0n) is 18.7. The summed E-state index contributed by atoms with van der Waals surface area (Å²) in [5.41, 5.74) is -2.09. The Balaban J connectivity index is 1.95. The van der Waals surface area contributed by atoms with Gasteiger partial charge >= 0.3 is 0 Å². The number of phenolic OH excluding ortho intramolecular Hbond substituents is 2. The first kappa shape index (κ1) is 23.3. The van der Waals surface area contributed by atoms with Crippen LogP contribution in [0.4, 0.5) is 0 Å². The van der Waals surface area contributed by atoms with Gasteiger partial charge in [-0.05, 0) is 50.5 Å². The molecule has 2 N–H and O–H groups in total. The van der Waals surface area contributed by atoms with Crippen molar-refractivity contribution in [3.8, 4) is 11.5 Å². The van der Waals surface area contributed by atoms with Crippen LogP contribution in [-0.4, -0.2) is 43.7 Å². The van der Waals surface area contributed by atoms with E-state index in [9.17, 15) is 19.8 Å². The van der Waals surface area contributed by atoms with Crippen molar-refractivity contribution in [2.45, 2.75) is 68.9 Å². The number of carbonyl (C=O) groups excluding carboxylic acids is 2. The van der Waals surface area contributed by atoms with Crippen LogP contribution < -0.4 is 0 Å². The average molecular weight is 479 g/mol. The third-order valence-corrected chi connectivity index (χ3v) is 8.88. The first-order valence-corrected chi connectivity index (χ1v) is 11.6. The fourth-order valence-electron chi connectivity index (χ4n) is 5.39. The van der Waals surface area contributed by atoms with Gasteiger partial charge in [0.05, 0.1) is 16.5 Å². The number of benzene rings is 1. The molecule has 2 aliphatic carbocycles. The molecular formula is C25H28Cl2O5. The van der Waals surface area contributed by atoms with Gasteiger partial charge in [0, 0.05) is 22.6 Å². The number of halogens is 2. The van der Waals surface area contributed by atoms with Crippen molar-refractivity contribution in [3.05, 3.63) is 47.1 Å². The number of aromatic hydroxyl groups is 2. The van der Waals surface area contributed by atoms with Crippen LogP contribution in [0, 0.1) is 11.3 Å². The van der Waals surface area contributed by atoms with Gasteiger partial charge in [-0.25, -0.2) is 0 Å². The van der Waals surface area contributed by atoms with Crippen LogP contribution in [0.1, 0.15) is 67.7 Å². The molecule has 0 bridgehead atoms. The molecule has 1 fully saturated rings. The van der Waals surface area contributed by atoms with Gasteiger partial charge in [0.25, 0.3) is 0 Å². The highest BCUT2D eigenvalue weighted by Crippen LogP contribution is 2.55. The maximum Gasteiger partial charge on any atom is 0.200 e. The molecule has 172 valence electrons. The highest BCUT2D eigenvalue weighted by atomic mass is 35.5. The standard InChI is InChI=1S/C25H28Cl2O5/c1-12-6-7-18(26)23(2,3)16(12)11-25-15(10-19(27)24(4,5)32-25)21(30)20-14(22(25)31)8-13(28)9-17(20)29/h8-10,16,18-19,28-29H,1,6-7,11H2,2-5H3/t16-,18-,19-,25-/m1/s1. The lowest BCUT2D eigenvalue weighted by Gasteiger charge is -2.52. The van der Waals surface area contributed by atoms with E-state index < -0.39 is 39.3 Å². The maximum atomic E-state index is 14.0. The molecule has 1 saturated carbocycles. The monoisotopic (exact) mass is 478 g/mol. The van der Waals surface area contributed by atoms with Crippen LogP contribution in [0.25, 0.3) is 0 Å². The van der Waals surface area contributed by atoms with Crippen LogP contribution >= 0.6 is 23.2 Å². The predicted molar refractivity (Wildman–Crippen MR) is 124 cm³/mol. The molecule has 4 atom stereocenters. The van der Waals surface area contributed by atoms with Crippen LogP contribution in [0.15, 0.2) is 35.9 Å². The number of ketones is 2. The minimum Gasteiger partial charge on any atom is -0.508 e. The summed E-state index contributed by atoms with van der Waals surface area (Å²) in [5, 5.41) is 19.6. The Morgan fingerprint density at radius 2 is 1.81 bits per heavy atom. The number of ether oxygens (including phenoxy) is 1. The van der Waals surface area contributed by atoms with Crippen molar-refractivity contribution in [3.63, 3.8) is 0 Å². The van der Waals surface area contributed by atoms with Crippen LogP contribution in [0.2, 0.25) is 0 Å². The number of alkyl halides is 2. The Bertz CT molecular complexity index is 1070. The molecule has 7 heteroatoms. The Hall–Kier alpha value is -1.82. The fourth-order valence-corrected chi connectivity index (χ4v) is 5.83. The third-order valence-electron chi connectivity index (χ3n) is 7.44. The molecule has 0 aromatic heterocycles. The number of rotatable bonds is 2. The first-order valence-electron chi connectivity index (χ1n) is 10.8. The lowest BCUT2D eigenvalue weighted by Crippen LogP contribution is -2.60. The van der Waals surface area contributed by atoms with Gasteiger partial charge in [-0.15, -0.1) is 23.2 Å². The summed E-state index contributed by atoms with van der Waals surface area (Å²) in [5.74, 6) is -1.97. The van der Waals surface area contributed by atoms with E-state index in [2.05, 4.69) is 6.58 Å². The van der Waals surface area contributed by atoms with Crippen LogP contribution in [0.5, 0.6) is 11.5 Å². The summed E-state index contributed by atoms with van der Waals surface area (Å²) in [4.78, 5) is 27.6. The number of fused-ring (bicyclic) bond motifs is 2. The van der Waals surface area contributed by atoms with Gasteiger partial charge < -0.3 is 14.9 Å². The van der Waals surface area contributed by atoms with Crippen molar-refractivity contribution in [2.24, 2.45) is 11.3 Å². The largest absolute Gasteiger partial charge is 0.508 e. The molecule has 32 heavy (non-hydrogen) atoms. The molecular weight excluding hydrogens is 451 g/mol. The van der Waals surface area contributed by atoms with E-state index in [1.807, 2.05) is 13.8 Å². The molecule has 5 nitrogen and oxygen atoms in total. The number of phenols is 2.